The lowest BCUT2D eigenvalue weighted by Crippen LogP contribution is -2.06. The van der Waals surface area contributed by atoms with Crippen LogP contribution in [0, 0.1) is 0 Å². The number of ether oxygens (including phenoxy) is 3. The van der Waals surface area contributed by atoms with Gasteiger partial charge in [0.1, 0.15) is 12.4 Å². The van der Waals surface area contributed by atoms with Gasteiger partial charge in [-0.3, -0.25) is 0 Å². The first kappa shape index (κ1) is 22.4. The van der Waals surface area contributed by atoms with E-state index in [-0.39, 0.29) is 0 Å². The molecule has 0 spiro atoms. The monoisotopic (exact) mass is 465 g/mol. The molecule has 0 bridgehead atoms. The highest BCUT2D eigenvalue weighted by Gasteiger charge is 2.13. The molecule has 0 fully saturated rings. The molecule has 0 saturated heterocycles. The van der Waals surface area contributed by atoms with Gasteiger partial charge in [-0.15, -0.1) is 0 Å². The fourth-order valence-electron chi connectivity index (χ4n) is 2.90. The Labute approximate surface area is 191 Å². The van der Waals surface area contributed by atoms with Crippen molar-refractivity contribution in [3.8, 4) is 17.2 Å². The summed E-state index contributed by atoms with van der Waals surface area (Å²) in [6.45, 7) is 3.28. The van der Waals surface area contributed by atoms with Gasteiger partial charge in [-0.05, 0) is 43.3 Å². The minimum Gasteiger partial charge on any atom is -0.495 e. The van der Waals surface area contributed by atoms with E-state index in [9.17, 15) is 0 Å². The van der Waals surface area contributed by atoms with Crippen molar-refractivity contribution in [2.24, 2.45) is 0 Å². The number of nitrogens with one attached hydrogen (secondary N) is 1. The molecule has 3 aromatic carbocycles. The number of methoxy groups -OCH3 is 1. The quantitative estimate of drug-likeness (QED) is 0.360. The van der Waals surface area contributed by atoms with Gasteiger partial charge in [-0.25, -0.2) is 0 Å². The lowest BCUT2D eigenvalue weighted by atomic mass is 10.1. The second kappa shape index (κ2) is 10.7. The Morgan fingerprint density at radius 3 is 2.37 bits per heavy atom. The van der Waals surface area contributed by atoms with Crippen LogP contribution in [0.3, 0.4) is 0 Å². The van der Waals surface area contributed by atoms with Crippen molar-refractivity contribution in [1.82, 2.24) is 0 Å². The molecule has 0 atom stereocenters. The van der Waals surface area contributed by atoms with E-state index in [1.807, 2.05) is 49.4 Å². The fraction of sp³-hybridized carbons (Fsp3) is 0.217. The van der Waals surface area contributed by atoms with Crippen molar-refractivity contribution in [2.45, 2.75) is 20.1 Å². The molecule has 7 heteroatoms. The van der Waals surface area contributed by atoms with Crippen molar-refractivity contribution < 1.29 is 14.2 Å². The van der Waals surface area contributed by atoms with E-state index in [0.717, 1.165) is 16.8 Å². The molecular formula is C23H22Cl3NO3. The smallest absolute Gasteiger partial charge is 0.166 e. The first-order valence-corrected chi connectivity index (χ1v) is 10.5. The number of rotatable bonds is 9. The van der Waals surface area contributed by atoms with E-state index in [2.05, 4.69) is 5.32 Å². The maximum Gasteiger partial charge on any atom is 0.166 e. The average Bonchev–Trinajstić information content (AvgIpc) is 2.73. The number of hydrogen-bond acceptors (Lipinski definition) is 4. The molecule has 3 aromatic rings. The van der Waals surface area contributed by atoms with E-state index in [1.165, 1.54) is 0 Å². The predicted octanol–water partition coefficient (Wildman–Crippen LogP) is 7.25. The topological polar surface area (TPSA) is 39.7 Å². The van der Waals surface area contributed by atoms with Gasteiger partial charge in [0.25, 0.3) is 0 Å². The zero-order chi connectivity index (χ0) is 21.5. The summed E-state index contributed by atoms with van der Waals surface area (Å²) < 4.78 is 17.1. The van der Waals surface area contributed by atoms with Gasteiger partial charge in [-0.2, -0.15) is 0 Å². The zero-order valence-electron chi connectivity index (χ0n) is 16.7. The van der Waals surface area contributed by atoms with Crippen LogP contribution in [0.1, 0.15) is 18.1 Å². The number of para-hydroxylation sites is 1. The molecule has 1 N–H and O–H groups in total. The Hall–Kier alpha value is -2.27. The Morgan fingerprint density at radius 2 is 1.67 bits per heavy atom. The van der Waals surface area contributed by atoms with Gasteiger partial charge >= 0.3 is 0 Å². The maximum absolute atomic E-state index is 6.29. The number of anilines is 1. The van der Waals surface area contributed by atoms with Crippen LogP contribution in [0.2, 0.25) is 15.1 Å². The summed E-state index contributed by atoms with van der Waals surface area (Å²) in [5, 5.41) is 5.05. The highest BCUT2D eigenvalue weighted by molar-refractivity contribution is 6.35. The summed E-state index contributed by atoms with van der Waals surface area (Å²) in [7, 11) is 1.59. The van der Waals surface area contributed by atoms with Crippen LogP contribution in [0.5, 0.6) is 17.2 Å². The largest absolute Gasteiger partial charge is 0.495 e. The molecule has 3 rings (SSSR count). The number of hydrogen-bond donors (Lipinski definition) is 1. The minimum atomic E-state index is 0.293. The summed E-state index contributed by atoms with van der Waals surface area (Å²) in [6, 6.07) is 16.7. The van der Waals surface area contributed by atoms with Crippen LogP contribution >= 0.6 is 34.8 Å². The molecule has 0 saturated carbocycles. The van der Waals surface area contributed by atoms with Crippen LogP contribution in [0.15, 0.2) is 54.6 Å². The van der Waals surface area contributed by atoms with Crippen LogP contribution in [0.25, 0.3) is 0 Å². The molecule has 0 aromatic heterocycles. The van der Waals surface area contributed by atoms with Crippen molar-refractivity contribution in [2.75, 3.05) is 19.0 Å². The van der Waals surface area contributed by atoms with Gasteiger partial charge in [0.2, 0.25) is 0 Å². The molecular weight excluding hydrogens is 445 g/mol. The van der Waals surface area contributed by atoms with Crippen molar-refractivity contribution in [1.29, 1.82) is 0 Å². The van der Waals surface area contributed by atoms with Crippen LogP contribution in [-0.2, 0) is 13.2 Å². The van der Waals surface area contributed by atoms with E-state index in [1.54, 1.807) is 19.2 Å². The second-order valence-electron chi connectivity index (χ2n) is 6.40. The standard InChI is InChI=1S/C23H22Cl3NO3/c1-3-29-22-6-4-5-15(13-27-18-9-10-21(28-2)20(26)12-18)23(22)30-14-16-7-8-17(24)11-19(16)25/h4-12,27H,3,13-14H2,1-2H3. The zero-order valence-corrected chi connectivity index (χ0v) is 18.9. The van der Waals surface area contributed by atoms with Gasteiger partial charge in [0, 0.05) is 33.4 Å². The SMILES string of the molecule is CCOc1cccc(CNc2ccc(OC)c(Cl)c2)c1OCc1ccc(Cl)cc1Cl. The normalized spacial score (nSPS) is 10.6. The fourth-order valence-corrected chi connectivity index (χ4v) is 3.62. The third-order valence-corrected chi connectivity index (χ3v) is 5.26. The van der Waals surface area contributed by atoms with Gasteiger partial charge in [0.05, 0.1) is 18.7 Å². The molecule has 4 nitrogen and oxygen atoms in total. The van der Waals surface area contributed by atoms with Gasteiger partial charge < -0.3 is 19.5 Å². The average molecular weight is 467 g/mol. The minimum absolute atomic E-state index is 0.293. The lowest BCUT2D eigenvalue weighted by Gasteiger charge is -2.17. The third-order valence-electron chi connectivity index (χ3n) is 4.38. The highest BCUT2D eigenvalue weighted by atomic mass is 35.5. The summed E-state index contributed by atoms with van der Waals surface area (Å²) in [5.74, 6) is 1.97. The summed E-state index contributed by atoms with van der Waals surface area (Å²) in [4.78, 5) is 0. The Balaban J connectivity index is 1.80. The van der Waals surface area contributed by atoms with Crippen molar-refractivity contribution in [3.05, 3.63) is 80.8 Å². The second-order valence-corrected chi connectivity index (χ2v) is 7.66. The molecule has 0 aliphatic rings. The molecule has 30 heavy (non-hydrogen) atoms. The lowest BCUT2D eigenvalue weighted by molar-refractivity contribution is 0.267. The van der Waals surface area contributed by atoms with Gasteiger partial charge in [-0.1, -0.05) is 53.0 Å². The van der Waals surface area contributed by atoms with Gasteiger partial charge in [0.15, 0.2) is 11.5 Å². The maximum atomic E-state index is 6.29. The molecule has 0 radical (unpaired) electrons. The Kier molecular flexibility index (Phi) is 7.97. The van der Waals surface area contributed by atoms with E-state index in [0.29, 0.717) is 52.1 Å². The Morgan fingerprint density at radius 1 is 0.833 bits per heavy atom. The van der Waals surface area contributed by atoms with Crippen LogP contribution in [-0.4, -0.2) is 13.7 Å². The first-order chi connectivity index (χ1) is 14.5. The van der Waals surface area contributed by atoms with E-state index >= 15 is 0 Å². The highest BCUT2D eigenvalue weighted by Crippen LogP contribution is 2.34. The summed E-state index contributed by atoms with van der Waals surface area (Å²) in [5.41, 5.74) is 2.65. The van der Waals surface area contributed by atoms with E-state index < -0.39 is 0 Å². The molecule has 0 aliphatic carbocycles. The summed E-state index contributed by atoms with van der Waals surface area (Å²) in [6.07, 6.45) is 0. The molecule has 0 amide bonds. The molecule has 158 valence electrons. The molecule has 0 heterocycles. The number of halogens is 3. The third kappa shape index (κ3) is 5.66. The molecule has 0 unspecified atom stereocenters. The predicted molar refractivity (Wildman–Crippen MR) is 124 cm³/mol. The first-order valence-electron chi connectivity index (χ1n) is 9.40. The number of benzene rings is 3. The Bertz CT molecular complexity index is 1010. The van der Waals surface area contributed by atoms with Crippen LogP contribution < -0.4 is 19.5 Å². The van der Waals surface area contributed by atoms with Crippen molar-refractivity contribution in [3.63, 3.8) is 0 Å². The summed E-state index contributed by atoms with van der Waals surface area (Å²) >= 11 is 18.5. The van der Waals surface area contributed by atoms with Crippen molar-refractivity contribution >= 4 is 40.5 Å². The van der Waals surface area contributed by atoms with Crippen LogP contribution in [0.4, 0.5) is 5.69 Å². The van der Waals surface area contributed by atoms with E-state index in [4.69, 9.17) is 49.0 Å². The molecule has 0 aliphatic heterocycles.